The van der Waals surface area contributed by atoms with Gasteiger partial charge in [-0.25, -0.2) is 0 Å². The highest BCUT2D eigenvalue weighted by Crippen LogP contribution is 2.43. The molecule has 1 amide bonds. The third-order valence-electron chi connectivity index (χ3n) is 5.50. The van der Waals surface area contributed by atoms with Gasteiger partial charge in [-0.2, -0.15) is 0 Å². The third kappa shape index (κ3) is 2.86. The molecule has 0 bridgehead atoms. The van der Waals surface area contributed by atoms with E-state index in [2.05, 4.69) is 43.0 Å². The lowest BCUT2D eigenvalue weighted by Crippen LogP contribution is -2.56. The highest BCUT2D eigenvalue weighted by molar-refractivity contribution is 5.78. The van der Waals surface area contributed by atoms with Gasteiger partial charge in [0.1, 0.15) is 0 Å². The van der Waals surface area contributed by atoms with Gasteiger partial charge in [0, 0.05) is 18.5 Å². The lowest BCUT2D eigenvalue weighted by molar-refractivity contribution is -0.148. The SMILES string of the molecule is Cc1ccccc1CN1C(=O)CC(C)CC12CCCCC2. The van der Waals surface area contributed by atoms with E-state index in [4.69, 9.17) is 0 Å². The van der Waals surface area contributed by atoms with Crippen molar-refractivity contribution < 1.29 is 4.79 Å². The molecule has 1 saturated heterocycles. The molecule has 1 unspecified atom stereocenters. The normalized spacial score (nSPS) is 25.3. The maximum absolute atomic E-state index is 12.7. The van der Waals surface area contributed by atoms with Crippen LogP contribution < -0.4 is 0 Å². The monoisotopic (exact) mass is 285 g/mol. The summed E-state index contributed by atoms with van der Waals surface area (Å²) in [5, 5.41) is 0. The van der Waals surface area contributed by atoms with Crippen LogP contribution in [0.3, 0.4) is 0 Å². The zero-order chi connectivity index (χ0) is 14.9. The van der Waals surface area contributed by atoms with Gasteiger partial charge in [0.2, 0.25) is 5.91 Å². The Hall–Kier alpha value is -1.31. The largest absolute Gasteiger partial charge is 0.333 e. The number of hydrogen-bond acceptors (Lipinski definition) is 1. The van der Waals surface area contributed by atoms with Crippen LogP contribution in [0.4, 0.5) is 0 Å². The third-order valence-corrected chi connectivity index (χ3v) is 5.50. The summed E-state index contributed by atoms with van der Waals surface area (Å²) >= 11 is 0. The molecule has 2 nitrogen and oxygen atoms in total. The fourth-order valence-electron chi connectivity index (χ4n) is 4.40. The van der Waals surface area contributed by atoms with Gasteiger partial charge in [0.05, 0.1) is 0 Å². The van der Waals surface area contributed by atoms with Gasteiger partial charge in [-0.1, -0.05) is 50.5 Å². The predicted molar refractivity (Wildman–Crippen MR) is 85.9 cm³/mol. The molecule has 1 aromatic carbocycles. The van der Waals surface area contributed by atoms with Crippen molar-refractivity contribution in [2.75, 3.05) is 0 Å². The van der Waals surface area contributed by atoms with Crippen molar-refractivity contribution in [2.45, 2.75) is 70.9 Å². The maximum Gasteiger partial charge on any atom is 0.223 e. The number of aryl methyl sites for hydroxylation is 1. The van der Waals surface area contributed by atoms with Gasteiger partial charge >= 0.3 is 0 Å². The van der Waals surface area contributed by atoms with Crippen molar-refractivity contribution in [2.24, 2.45) is 5.92 Å². The highest BCUT2D eigenvalue weighted by Gasteiger charge is 2.45. The van der Waals surface area contributed by atoms with Gasteiger partial charge in [-0.05, 0) is 43.2 Å². The molecule has 21 heavy (non-hydrogen) atoms. The summed E-state index contributed by atoms with van der Waals surface area (Å²) in [7, 11) is 0. The minimum Gasteiger partial charge on any atom is -0.333 e. The van der Waals surface area contributed by atoms with Gasteiger partial charge in [0.15, 0.2) is 0 Å². The lowest BCUT2D eigenvalue weighted by Gasteiger charge is -2.51. The Balaban J connectivity index is 1.89. The van der Waals surface area contributed by atoms with Gasteiger partial charge in [-0.3, -0.25) is 4.79 Å². The van der Waals surface area contributed by atoms with Crippen molar-refractivity contribution in [1.29, 1.82) is 0 Å². The second-order valence-electron chi connectivity index (χ2n) is 7.20. The molecule has 0 radical (unpaired) electrons. The number of piperidine rings is 1. The molecule has 1 heterocycles. The maximum atomic E-state index is 12.7. The average Bonchev–Trinajstić information content (AvgIpc) is 2.45. The fraction of sp³-hybridized carbons (Fsp3) is 0.632. The number of amides is 1. The first-order valence-corrected chi connectivity index (χ1v) is 8.46. The molecule has 114 valence electrons. The molecule has 2 heteroatoms. The van der Waals surface area contributed by atoms with Crippen LogP contribution in [0.5, 0.6) is 0 Å². The standard InChI is InChI=1S/C19H27NO/c1-15-12-18(21)20(14-17-9-5-4-8-16(17)2)19(13-15)10-6-3-7-11-19/h4-5,8-9,15H,3,6-7,10-14H2,1-2H3. The lowest BCUT2D eigenvalue weighted by atomic mass is 9.71. The molecule has 1 saturated carbocycles. The highest BCUT2D eigenvalue weighted by atomic mass is 16.2. The van der Waals surface area contributed by atoms with E-state index < -0.39 is 0 Å². The number of likely N-dealkylation sites (tertiary alicyclic amines) is 1. The van der Waals surface area contributed by atoms with E-state index in [1.807, 2.05) is 0 Å². The molecule has 1 atom stereocenters. The van der Waals surface area contributed by atoms with Crippen LogP contribution >= 0.6 is 0 Å². The molecule has 3 rings (SSSR count). The minimum absolute atomic E-state index is 0.148. The molecule has 1 aliphatic carbocycles. The summed E-state index contributed by atoms with van der Waals surface area (Å²) in [5.74, 6) is 0.919. The Kier molecular flexibility index (Phi) is 4.05. The van der Waals surface area contributed by atoms with E-state index in [0.717, 1.165) is 13.0 Å². The predicted octanol–water partition coefficient (Wildman–Crippen LogP) is 4.46. The molecule has 2 aliphatic rings. The summed E-state index contributed by atoms with van der Waals surface area (Å²) in [4.78, 5) is 15.0. The Morgan fingerprint density at radius 1 is 1.19 bits per heavy atom. The molecular weight excluding hydrogens is 258 g/mol. The molecule has 0 N–H and O–H groups in total. The number of carbonyl (C=O) groups is 1. The first-order chi connectivity index (χ1) is 10.1. The number of carbonyl (C=O) groups excluding carboxylic acids is 1. The smallest absolute Gasteiger partial charge is 0.223 e. The van der Waals surface area contributed by atoms with Crippen molar-refractivity contribution in [3.05, 3.63) is 35.4 Å². The minimum atomic E-state index is 0.148. The number of nitrogens with zero attached hydrogens (tertiary/aromatic N) is 1. The van der Waals surface area contributed by atoms with Crippen LogP contribution in [0.25, 0.3) is 0 Å². The Morgan fingerprint density at radius 3 is 2.62 bits per heavy atom. The van der Waals surface area contributed by atoms with E-state index in [-0.39, 0.29) is 5.54 Å². The zero-order valence-electron chi connectivity index (χ0n) is 13.4. The van der Waals surface area contributed by atoms with Crippen LogP contribution in [0.15, 0.2) is 24.3 Å². The first-order valence-electron chi connectivity index (χ1n) is 8.46. The molecular formula is C19H27NO. The number of hydrogen-bond donors (Lipinski definition) is 0. The Morgan fingerprint density at radius 2 is 1.90 bits per heavy atom. The van der Waals surface area contributed by atoms with Crippen LogP contribution in [0, 0.1) is 12.8 Å². The molecule has 1 aromatic rings. The summed E-state index contributed by atoms with van der Waals surface area (Å²) in [6.07, 6.45) is 8.24. The molecule has 0 aromatic heterocycles. The second kappa shape index (κ2) is 5.82. The van der Waals surface area contributed by atoms with Gasteiger partial charge in [-0.15, -0.1) is 0 Å². The Bertz CT molecular complexity index is 516. The fourth-order valence-corrected chi connectivity index (χ4v) is 4.40. The molecule has 2 fully saturated rings. The van der Waals surface area contributed by atoms with Gasteiger partial charge < -0.3 is 4.90 Å². The average molecular weight is 285 g/mol. The van der Waals surface area contributed by atoms with Crippen molar-refractivity contribution in [1.82, 2.24) is 4.90 Å². The summed E-state index contributed by atoms with van der Waals surface area (Å²) < 4.78 is 0. The van der Waals surface area contributed by atoms with Crippen molar-refractivity contribution in [3.63, 3.8) is 0 Å². The van der Waals surface area contributed by atoms with Crippen LogP contribution in [-0.2, 0) is 11.3 Å². The summed E-state index contributed by atoms with van der Waals surface area (Å²) in [6.45, 7) is 5.21. The van der Waals surface area contributed by atoms with Crippen LogP contribution in [0.2, 0.25) is 0 Å². The van der Waals surface area contributed by atoms with Crippen molar-refractivity contribution in [3.8, 4) is 0 Å². The quantitative estimate of drug-likeness (QED) is 0.786. The van der Waals surface area contributed by atoms with Gasteiger partial charge in [0.25, 0.3) is 0 Å². The van der Waals surface area contributed by atoms with Crippen molar-refractivity contribution >= 4 is 5.91 Å². The number of rotatable bonds is 2. The molecule has 1 aliphatic heterocycles. The summed E-state index contributed by atoms with van der Waals surface area (Å²) in [6, 6.07) is 8.50. The Labute approximate surface area is 128 Å². The second-order valence-corrected chi connectivity index (χ2v) is 7.20. The van der Waals surface area contributed by atoms with E-state index in [9.17, 15) is 4.79 Å². The van der Waals surface area contributed by atoms with E-state index in [0.29, 0.717) is 11.8 Å². The molecule has 1 spiro atoms. The van der Waals surface area contributed by atoms with E-state index in [1.165, 1.54) is 49.7 Å². The van der Waals surface area contributed by atoms with Crippen LogP contribution in [-0.4, -0.2) is 16.3 Å². The van der Waals surface area contributed by atoms with E-state index >= 15 is 0 Å². The van der Waals surface area contributed by atoms with Crippen LogP contribution in [0.1, 0.15) is 63.0 Å². The zero-order valence-corrected chi connectivity index (χ0v) is 13.4. The first kappa shape index (κ1) is 14.6. The summed E-state index contributed by atoms with van der Waals surface area (Å²) in [5.41, 5.74) is 2.76. The topological polar surface area (TPSA) is 20.3 Å². The number of benzene rings is 1. The van der Waals surface area contributed by atoms with E-state index in [1.54, 1.807) is 0 Å².